The fourth-order valence-electron chi connectivity index (χ4n) is 11.1. The molecule has 2 aromatic heterocycles. The van der Waals surface area contributed by atoms with Gasteiger partial charge in [-0.2, -0.15) is 0 Å². The highest BCUT2D eigenvalue weighted by Crippen LogP contribution is 2.38. The van der Waals surface area contributed by atoms with Crippen molar-refractivity contribution in [1.29, 1.82) is 0 Å². The summed E-state index contributed by atoms with van der Waals surface area (Å²) < 4.78 is 3.27. The number of Topliss-reactive ketones (excluding diaryl/α,β-unsaturated/α-hetero) is 4. The zero-order chi connectivity index (χ0) is 52.4. The van der Waals surface area contributed by atoms with E-state index in [-0.39, 0.29) is 58.0 Å². The third-order valence-electron chi connectivity index (χ3n) is 14.9. The number of carbonyl (C=O) groups is 4. The predicted octanol–water partition coefficient (Wildman–Crippen LogP) is 15.9. The van der Waals surface area contributed by atoms with Crippen LogP contribution in [0.25, 0.3) is 11.1 Å². The fourth-order valence-corrected chi connectivity index (χ4v) is 13.7. The van der Waals surface area contributed by atoms with E-state index in [1.54, 1.807) is 0 Å². The van der Waals surface area contributed by atoms with Crippen LogP contribution in [-0.2, 0) is 25.7 Å². The van der Waals surface area contributed by atoms with Gasteiger partial charge in [0.05, 0.1) is 11.1 Å². The molecule has 0 saturated heterocycles. The van der Waals surface area contributed by atoms with E-state index >= 15 is 0 Å². The van der Waals surface area contributed by atoms with Gasteiger partial charge in [0.25, 0.3) is 0 Å². The van der Waals surface area contributed by atoms with E-state index in [1.165, 1.54) is 67.2 Å². The van der Waals surface area contributed by atoms with Crippen molar-refractivity contribution >= 4 is 57.0 Å². The number of thiophene rings is 2. The Morgan fingerprint density at radius 3 is 0.944 bits per heavy atom. The van der Waals surface area contributed by atoms with Crippen molar-refractivity contribution in [3.05, 3.63) is 180 Å². The van der Waals surface area contributed by atoms with Crippen LogP contribution in [0.1, 0.15) is 254 Å². The van der Waals surface area contributed by atoms with Crippen LogP contribution in [0.4, 0.5) is 0 Å². The maximum Gasteiger partial charge on any atom is 0.199 e. The molecular formula is C66H76O4S2. The van der Waals surface area contributed by atoms with Crippen LogP contribution < -0.4 is 9.06 Å². The summed E-state index contributed by atoms with van der Waals surface area (Å²) in [5, 5.41) is 0. The Balaban J connectivity index is 1.51. The van der Waals surface area contributed by atoms with Gasteiger partial charge in [-0.1, -0.05) is 159 Å². The topological polar surface area (TPSA) is 68.3 Å². The van der Waals surface area contributed by atoms with E-state index in [1.807, 2.05) is 36.4 Å². The lowest BCUT2D eigenvalue weighted by molar-refractivity contribution is 0.101. The summed E-state index contributed by atoms with van der Waals surface area (Å²) >= 11 is 3.03. The Kier molecular flexibility index (Phi) is 15.4. The maximum absolute atomic E-state index is 14.7. The van der Waals surface area contributed by atoms with Gasteiger partial charge in [0, 0.05) is 40.4 Å². The van der Waals surface area contributed by atoms with E-state index in [9.17, 15) is 19.2 Å². The van der Waals surface area contributed by atoms with Crippen LogP contribution in [0.5, 0.6) is 0 Å². The van der Waals surface area contributed by atoms with E-state index in [0.29, 0.717) is 67.8 Å². The number of rotatable bonds is 14. The smallest absolute Gasteiger partial charge is 0.199 e. The van der Waals surface area contributed by atoms with Crippen molar-refractivity contribution in [2.45, 2.75) is 172 Å². The Labute approximate surface area is 437 Å². The van der Waals surface area contributed by atoms with E-state index in [0.717, 1.165) is 44.2 Å². The molecule has 0 aliphatic heterocycles. The molecule has 0 N–H and O–H groups in total. The first kappa shape index (κ1) is 53.0. The Morgan fingerprint density at radius 1 is 0.361 bits per heavy atom. The SMILES string of the molecule is CC(C)Cc1ccc2c(c1)C(=O)/C(=c1/cc(Cc3c(C(C)C)cc(C(C)C)cc3C(C)C)/c(=c3\s/c(=C4/C(=O)c5ccc(CC(C)C)cc5C4=O)cc3Cc3c(C(C)C)cc(C(C)C)cc3C(C)C)s1)C2=O. The lowest BCUT2D eigenvalue weighted by Crippen LogP contribution is -2.11. The van der Waals surface area contributed by atoms with Crippen molar-refractivity contribution in [3.8, 4) is 0 Å². The second kappa shape index (κ2) is 20.9. The molecule has 0 unspecified atom stereocenters. The van der Waals surface area contributed by atoms with Gasteiger partial charge in [0.1, 0.15) is 0 Å². The molecule has 2 aliphatic rings. The first-order valence-corrected chi connectivity index (χ1v) is 28.4. The summed E-state index contributed by atoms with van der Waals surface area (Å²) in [5.41, 5.74) is 16.9. The lowest BCUT2D eigenvalue weighted by atomic mass is 9.82. The lowest BCUT2D eigenvalue weighted by Gasteiger charge is -2.23. The molecule has 376 valence electrons. The number of fused-ring (bicyclic) bond motifs is 2. The van der Waals surface area contributed by atoms with Gasteiger partial charge in [0.15, 0.2) is 23.1 Å². The third kappa shape index (κ3) is 10.2. The second-order valence-electron chi connectivity index (χ2n) is 23.6. The highest BCUT2D eigenvalue weighted by Gasteiger charge is 2.36. The molecular weight excluding hydrogens is 921 g/mol. The first-order chi connectivity index (χ1) is 33.9. The quantitative estimate of drug-likeness (QED) is 0.109. The molecule has 6 heteroatoms. The molecule has 0 amide bonds. The highest BCUT2D eigenvalue weighted by atomic mass is 32.1. The number of hydrogen-bond donors (Lipinski definition) is 0. The molecule has 0 radical (unpaired) electrons. The zero-order valence-electron chi connectivity index (χ0n) is 45.8. The van der Waals surface area contributed by atoms with Crippen molar-refractivity contribution in [1.82, 2.24) is 0 Å². The zero-order valence-corrected chi connectivity index (χ0v) is 47.5. The Hall–Kier alpha value is -5.30. The molecule has 4 nitrogen and oxygen atoms in total. The van der Waals surface area contributed by atoms with Gasteiger partial charge in [0.2, 0.25) is 0 Å². The Morgan fingerprint density at radius 2 is 0.667 bits per heavy atom. The molecule has 2 aliphatic carbocycles. The fraction of sp³-hybridized carbons (Fsp3) is 0.424. The molecule has 0 atom stereocenters. The van der Waals surface area contributed by atoms with Crippen molar-refractivity contribution < 1.29 is 19.2 Å². The molecule has 0 spiro atoms. The van der Waals surface area contributed by atoms with Gasteiger partial charge in [-0.3, -0.25) is 19.2 Å². The molecule has 6 aromatic rings. The summed E-state index contributed by atoms with van der Waals surface area (Å²) in [7, 11) is 0. The molecule has 0 fully saturated rings. The number of carbonyl (C=O) groups excluding carboxylic acids is 4. The second-order valence-corrected chi connectivity index (χ2v) is 25.7. The first-order valence-electron chi connectivity index (χ1n) is 26.7. The minimum absolute atomic E-state index is 0.222. The normalized spacial score (nSPS) is 16.0. The maximum atomic E-state index is 14.7. The molecule has 72 heavy (non-hydrogen) atoms. The number of benzene rings is 4. The van der Waals surface area contributed by atoms with Crippen LogP contribution in [0.15, 0.2) is 72.8 Å². The average molecular weight is 997 g/mol. The van der Waals surface area contributed by atoms with Crippen LogP contribution in [0.3, 0.4) is 0 Å². The minimum atomic E-state index is -0.231. The van der Waals surface area contributed by atoms with Gasteiger partial charge in [-0.05, 0) is 164 Å². The predicted molar refractivity (Wildman–Crippen MR) is 303 cm³/mol. The molecule has 2 heterocycles. The van der Waals surface area contributed by atoms with E-state index < -0.39 is 0 Å². The summed E-state index contributed by atoms with van der Waals surface area (Å²) in [4.78, 5) is 58.8. The van der Waals surface area contributed by atoms with E-state index in [2.05, 4.69) is 147 Å². The van der Waals surface area contributed by atoms with Gasteiger partial charge in [-0.15, -0.1) is 22.7 Å². The van der Waals surface area contributed by atoms with Gasteiger partial charge >= 0.3 is 0 Å². The molecule has 0 saturated carbocycles. The van der Waals surface area contributed by atoms with Gasteiger partial charge < -0.3 is 0 Å². The average Bonchev–Trinajstić information content (AvgIpc) is 4.03. The van der Waals surface area contributed by atoms with Crippen LogP contribution in [0, 0.1) is 20.9 Å². The third-order valence-corrected chi connectivity index (χ3v) is 17.5. The number of ketones is 4. The monoisotopic (exact) mass is 997 g/mol. The summed E-state index contributed by atoms with van der Waals surface area (Å²) in [6.45, 7) is 35.8. The minimum Gasteiger partial charge on any atom is -0.288 e. The Bertz CT molecular complexity index is 3110. The van der Waals surface area contributed by atoms with Gasteiger partial charge in [-0.25, -0.2) is 0 Å². The summed E-state index contributed by atoms with van der Waals surface area (Å²) in [6, 6.07) is 25.4. The van der Waals surface area contributed by atoms with Crippen LogP contribution >= 0.6 is 22.7 Å². The summed E-state index contributed by atoms with van der Waals surface area (Å²) in [6.07, 6.45) is 2.82. The highest BCUT2D eigenvalue weighted by molar-refractivity contribution is 7.12. The number of hydrogen-bond acceptors (Lipinski definition) is 6. The van der Waals surface area contributed by atoms with Crippen molar-refractivity contribution in [2.75, 3.05) is 0 Å². The van der Waals surface area contributed by atoms with Crippen molar-refractivity contribution in [3.63, 3.8) is 0 Å². The largest absolute Gasteiger partial charge is 0.288 e. The standard InChI is InChI=1S/C66H76O4S2/c1-33(2)21-41-17-19-47-55(23-41)63(69)59(61(47)67)57-31-45(29-53-49(37(9)10)25-43(35(5)6)26-50(53)38(11)12)65(71-57)66-46(30-54-51(39(13)14)27-44(36(7)8)28-52(54)40(15)16)32-58(72-66)60-62(68)48-20-18-42(22-34(3)4)24-56(48)64(60)70/h17-20,23-28,31-40H,21-22,29-30H2,1-16H3/b59-57-,60-58-,66-65+. The van der Waals surface area contributed by atoms with E-state index in [4.69, 9.17) is 0 Å². The van der Waals surface area contributed by atoms with Crippen LogP contribution in [-0.4, -0.2) is 23.1 Å². The molecule has 8 rings (SSSR count). The molecule has 0 bridgehead atoms. The van der Waals surface area contributed by atoms with Crippen LogP contribution in [0.2, 0.25) is 0 Å². The van der Waals surface area contributed by atoms with Crippen molar-refractivity contribution in [2.24, 2.45) is 11.8 Å². The summed E-state index contributed by atoms with van der Waals surface area (Å²) in [5.74, 6) is 1.61. The molecule has 4 aromatic carbocycles.